The van der Waals surface area contributed by atoms with E-state index in [4.69, 9.17) is 11.0 Å². The number of anilines is 2. The van der Waals surface area contributed by atoms with E-state index in [9.17, 15) is 0 Å². The van der Waals surface area contributed by atoms with Gasteiger partial charge in [-0.3, -0.25) is 0 Å². The van der Waals surface area contributed by atoms with E-state index in [0.29, 0.717) is 23.6 Å². The number of nitrogens with one attached hydrogen (secondary N) is 1. The molecule has 0 spiro atoms. The summed E-state index contributed by atoms with van der Waals surface area (Å²) in [5.41, 5.74) is 8.06. The summed E-state index contributed by atoms with van der Waals surface area (Å²) in [6, 6.07) is 5.79. The molecule has 0 atom stereocenters. The number of thiophene rings is 1. The quantitative estimate of drug-likeness (QED) is 0.884. The lowest BCUT2D eigenvalue weighted by Crippen LogP contribution is -2.05. The van der Waals surface area contributed by atoms with Crippen LogP contribution in [0.25, 0.3) is 0 Å². The van der Waals surface area contributed by atoms with Crippen LogP contribution in [0.4, 0.5) is 11.5 Å². The zero-order chi connectivity index (χ0) is 13.0. The van der Waals surface area contributed by atoms with Crippen molar-refractivity contribution in [3.8, 4) is 6.07 Å². The summed E-state index contributed by atoms with van der Waals surface area (Å²) in [5, 5.41) is 14.2. The van der Waals surface area contributed by atoms with Crippen molar-refractivity contribution in [2.24, 2.45) is 0 Å². The van der Waals surface area contributed by atoms with Crippen LogP contribution in [-0.4, -0.2) is 4.98 Å². The molecule has 4 nitrogen and oxygen atoms in total. The summed E-state index contributed by atoms with van der Waals surface area (Å²) in [4.78, 5) is 5.44. The number of hydrogen-bond donors (Lipinski definition) is 2. The molecule has 0 aromatic carbocycles. The highest BCUT2D eigenvalue weighted by Gasteiger charge is 2.07. The first-order valence-electron chi connectivity index (χ1n) is 5.70. The van der Waals surface area contributed by atoms with Crippen molar-refractivity contribution in [1.29, 1.82) is 5.26 Å². The molecule has 0 radical (unpaired) electrons. The molecule has 0 amide bonds. The van der Waals surface area contributed by atoms with Gasteiger partial charge in [0.25, 0.3) is 0 Å². The molecule has 0 aliphatic rings. The van der Waals surface area contributed by atoms with Crippen molar-refractivity contribution in [2.75, 3.05) is 11.1 Å². The first-order chi connectivity index (χ1) is 8.76. The van der Waals surface area contributed by atoms with Gasteiger partial charge < -0.3 is 11.1 Å². The molecule has 2 rings (SSSR count). The molecule has 0 bridgehead atoms. The molecule has 3 N–H and O–H groups in total. The van der Waals surface area contributed by atoms with Crippen LogP contribution in [0.2, 0.25) is 0 Å². The van der Waals surface area contributed by atoms with Gasteiger partial charge in [0.15, 0.2) is 5.82 Å². The van der Waals surface area contributed by atoms with Crippen LogP contribution < -0.4 is 11.1 Å². The minimum absolute atomic E-state index is 0.412. The smallest absolute Gasteiger partial charge is 0.150 e. The Bertz CT molecular complexity index is 583. The normalized spacial score (nSPS) is 10.0. The molecule has 2 aromatic heterocycles. The third-order valence-corrected chi connectivity index (χ3v) is 3.71. The van der Waals surface area contributed by atoms with Gasteiger partial charge in [0.2, 0.25) is 0 Å². The second-order valence-corrected chi connectivity index (χ2v) is 4.81. The molecule has 0 fully saturated rings. The van der Waals surface area contributed by atoms with E-state index in [1.165, 1.54) is 10.4 Å². The summed E-state index contributed by atoms with van der Waals surface area (Å²) in [7, 11) is 0. The Morgan fingerprint density at radius 2 is 2.33 bits per heavy atom. The Morgan fingerprint density at radius 1 is 1.50 bits per heavy atom. The van der Waals surface area contributed by atoms with Crippen molar-refractivity contribution in [3.63, 3.8) is 0 Å². The second kappa shape index (κ2) is 5.52. The average Bonchev–Trinajstić information content (AvgIpc) is 2.85. The highest BCUT2D eigenvalue weighted by Crippen LogP contribution is 2.22. The van der Waals surface area contributed by atoms with Gasteiger partial charge >= 0.3 is 0 Å². The molecule has 0 unspecified atom stereocenters. The van der Waals surface area contributed by atoms with Gasteiger partial charge in [0, 0.05) is 11.1 Å². The zero-order valence-electron chi connectivity index (χ0n) is 10.1. The highest BCUT2D eigenvalue weighted by molar-refractivity contribution is 7.10. The van der Waals surface area contributed by atoms with Crippen LogP contribution in [0.3, 0.4) is 0 Å². The molecule has 92 valence electrons. The third kappa shape index (κ3) is 2.44. The Morgan fingerprint density at radius 3 is 3.06 bits per heavy atom. The SMILES string of the molecule is CCc1ccsc1CNc1nccc(C#N)c1N. The average molecular weight is 258 g/mol. The van der Waals surface area contributed by atoms with Gasteiger partial charge in [-0.25, -0.2) is 4.98 Å². The monoisotopic (exact) mass is 258 g/mol. The van der Waals surface area contributed by atoms with Gasteiger partial charge in [0.1, 0.15) is 6.07 Å². The van der Waals surface area contributed by atoms with Crippen molar-refractivity contribution < 1.29 is 0 Å². The summed E-state index contributed by atoms with van der Waals surface area (Å²) in [6.07, 6.45) is 2.61. The summed E-state index contributed by atoms with van der Waals surface area (Å²) >= 11 is 1.71. The van der Waals surface area contributed by atoms with E-state index >= 15 is 0 Å². The largest absolute Gasteiger partial charge is 0.395 e. The lowest BCUT2D eigenvalue weighted by Gasteiger charge is -2.09. The highest BCUT2D eigenvalue weighted by atomic mass is 32.1. The van der Waals surface area contributed by atoms with Gasteiger partial charge in [-0.15, -0.1) is 11.3 Å². The van der Waals surface area contributed by atoms with E-state index in [-0.39, 0.29) is 0 Å². The molecular weight excluding hydrogens is 244 g/mol. The first-order valence-corrected chi connectivity index (χ1v) is 6.58. The van der Waals surface area contributed by atoms with Crippen LogP contribution in [0.5, 0.6) is 0 Å². The van der Waals surface area contributed by atoms with Crippen LogP contribution in [0.15, 0.2) is 23.7 Å². The second-order valence-electron chi connectivity index (χ2n) is 3.81. The number of rotatable bonds is 4. The number of hydrogen-bond acceptors (Lipinski definition) is 5. The zero-order valence-corrected chi connectivity index (χ0v) is 10.9. The summed E-state index contributed by atoms with van der Waals surface area (Å²) in [5.74, 6) is 0.574. The molecule has 0 aliphatic carbocycles. The lowest BCUT2D eigenvalue weighted by atomic mass is 10.2. The molecule has 18 heavy (non-hydrogen) atoms. The number of nitriles is 1. The Kier molecular flexibility index (Phi) is 3.80. The predicted molar refractivity (Wildman–Crippen MR) is 74.4 cm³/mol. The molecule has 0 saturated heterocycles. The van der Waals surface area contributed by atoms with Crippen molar-refractivity contribution in [1.82, 2.24) is 4.98 Å². The van der Waals surface area contributed by atoms with Crippen LogP contribution in [-0.2, 0) is 13.0 Å². The lowest BCUT2D eigenvalue weighted by molar-refractivity contribution is 1.07. The molecule has 2 aromatic rings. The van der Waals surface area contributed by atoms with Crippen LogP contribution >= 0.6 is 11.3 Å². The Labute approximate surface area is 110 Å². The van der Waals surface area contributed by atoms with Crippen LogP contribution in [0.1, 0.15) is 22.9 Å². The molecule has 0 saturated carbocycles. The van der Waals surface area contributed by atoms with Crippen molar-refractivity contribution in [2.45, 2.75) is 19.9 Å². The number of aromatic nitrogens is 1. The standard InChI is InChI=1S/C13H14N4S/c1-2-9-4-6-18-11(9)8-17-13-12(15)10(7-14)3-5-16-13/h3-6H,2,8,15H2,1H3,(H,16,17). The van der Waals surface area contributed by atoms with Gasteiger partial charge in [-0.2, -0.15) is 5.26 Å². The minimum atomic E-state index is 0.412. The van der Waals surface area contributed by atoms with E-state index in [2.05, 4.69) is 28.7 Å². The van der Waals surface area contributed by atoms with Crippen LogP contribution in [0, 0.1) is 11.3 Å². The maximum atomic E-state index is 8.89. The maximum Gasteiger partial charge on any atom is 0.150 e. The fourth-order valence-corrected chi connectivity index (χ4v) is 2.63. The minimum Gasteiger partial charge on any atom is -0.395 e. The van der Waals surface area contributed by atoms with Gasteiger partial charge in [-0.1, -0.05) is 6.92 Å². The number of nitrogen functional groups attached to an aromatic ring is 1. The number of pyridine rings is 1. The number of nitrogens with zero attached hydrogens (tertiary/aromatic N) is 2. The van der Waals surface area contributed by atoms with E-state index in [0.717, 1.165) is 6.42 Å². The fourth-order valence-electron chi connectivity index (χ4n) is 1.71. The van der Waals surface area contributed by atoms with E-state index in [1.54, 1.807) is 23.6 Å². The molecule has 2 heterocycles. The molecule has 0 aliphatic heterocycles. The number of nitrogens with two attached hydrogens (primary N) is 1. The van der Waals surface area contributed by atoms with E-state index in [1.807, 2.05) is 6.07 Å². The third-order valence-electron chi connectivity index (χ3n) is 2.75. The summed E-state index contributed by atoms with van der Waals surface area (Å²) < 4.78 is 0. The van der Waals surface area contributed by atoms with Crippen molar-refractivity contribution >= 4 is 22.8 Å². The Balaban J connectivity index is 2.14. The molecular formula is C13H14N4S. The fraction of sp³-hybridized carbons (Fsp3) is 0.231. The summed E-state index contributed by atoms with van der Waals surface area (Å²) in [6.45, 7) is 2.82. The topological polar surface area (TPSA) is 74.7 Å². The predicted octanol–water partition coefficient (Wildman–Crippen LogP) is 2.77. The first kappa shape index (κ1) is 12.4. The Hall–Kier alpha value is -2.06. The number of aryl methyl sites for hydroxylation is 1. The van der Waals surface area contributed by atoms with Gasteiger partial charge in [0.05, 0.1) is 17.8 Å². The van der Waals surface area contributed by atoms with Gasteiger partial charge in [-0.05, 0) is 29.5 Å². The van der Waals surface area contributed by atoms with Crippen molar-refractivity contribution in [3.05, 3.63) is 39.7 Å². The molecule has 5 heteroatoms. The maximum absolute atomic E-state index is 8.89. The van der Waals surface area contributed by atoms with E-state index < -0.39 is 0 Å².